The molecule has 0 fully saturated rings. The molecule has 23 heavy (non-hydrogen) atoms. The first-order valence-corrected chi connectivity index (χ1v) is 6.57. The van der Waals surface area contributed by atoms with Gasteiger partial charge in [0, 0.05) is 11.1 Å². The molecular weight excluding hydrogens is 304 g/mol. The van der Waals surface area contributed by atoms with E-state index < -0.39 is 34.4 Å². The second-order valence-electron chi connectivity index (χ2n) is 5.17. The van der Waals surface area contributed by atoms with E-state index in [1.807, 2.05) is 0 Å². The van der Waals surface area contributed by atoms with E-state index in [2.05, 4.69) is 0 Å². The minimum atomic E-state index is -0.899. The molecule has 0 aliphatic heterocycles. The number of fused-ring (bicyclic) bond motifs is 2. The minimum Gasteiger partial charge on any atom is -0.504 e. The largest absolute Gasteiger partial charge is 0.504 e. The molecule has 4 N–H and O–H groups in total. The highest BCUT2D eigenvalue weighted by atomic mass is 16.5. The Morgan fingerprint density at radius 1 is 0.826 bits per heavy atom. The van der Waals surface area contributed by atoms with Crippen molar-refractivity contribution in [1.82, 2.24) is 0 Å². The molecule has 1 aliphatic rings. The van der Waals surface area contributed by atoms with Crippen LogP contribution in [0.1, 0.15) is 37.4 Å². The quantitative estimate of drug-likeness (QED) is 0.503. The molecule has 0 aromatic heterocycles. The first-order chi connectivity index (χ1) is 10.8. The smallest absolute Gasteiger partial charge is 0.202 e. The van der Waals surface area contributed by atoms with Gasteiger partial charge < -0.3 is 25.2 Å². The van der Waals surface area contributed by atoms with Crippen LogP contribution in [0.4, 0.5) is 0 Å². The Kier molecular flexibility index (Phi) is 2.97. The molecule has 118 valence electrons. The zero-order valence-electron chi connectivity index (χ0n) is 12.2. The van der Waals surface area contributed by atoms with Gasteiger partial charge >= 0.3 is 0 Å². The van der Waals surface area contributed by atoms with Gasteiger partial charge in [-0.15, -0.1) is 0 Å². The molecule has 0 spiro atoms. The van der Waals surface area contributed by atoms with Crippen LogP contribution in [0.25, 0.3) is 0 Å². The highest BCUT2D eigenvalue weighted by molar-refractivity contribution is 6.31. The van der Waals surface area contributed by atoms with Crippen molar-refractivity contribution in [2.75, 3.05) is 7.11 Å². The molecule has 0 amide bonds. The summed E-state index contributed by atoms with van der Waals surface area (Å²) in [5.74, 6) is -4.42. The monoisotopic (exact) mass is 316 g/mol. The maximum Gasteiger partial charge on any atom is 0.202 e. The number of phenols is 4. The van der Waals surface area contributed by atoms with Crippen LogP contribution in [0.5, 0.6) is 28.7 Å². The zero-order valence-corrected chi connectivity index (χ0v) is 12.2. The number of rotatable bonds is 1. The molecule has 0 heterocycles. The van der Waals surface area contributed by atoms with Crippen molar-refractivity contribution in [3.05, 3.63) is 39.9 Å². The SMILES string of the molecule is COc1c(O)c(C)cc2c1C(=O)c1c(cc(O)c(O)c1O)C2=O. The third-order valence-electron chi connectivity index (χ3n) is 3.85. The number of carbonyl (C=O) groups is 2. The van der Waals surface area contributed by atoms with Crippen molar-refractivity contribution in [1.29, 1.82) is 0 Å². The Hall–Kier alpha value is -3.22. The maximum absolute atomic E-state index is 12.7. The van der Waals surface area contributed by atoms with Crippen molar-refractivity contribution in [3.63, 3.8) is 0 Å². The van der Waals surface area contributed by atoms with E-state index in [0.717, 1.165) is 6.07 Å². The van der Waals surface area contributed by atoms with E-state index in [-0.39, 0.29) is 28.2 Å². The average Bonchev–Trinajstić information content (AvgIpc) is 2.51. The van der Waals surface area contributed by atoms with E-state index in [1.54, 1.807) is 0 Å². The van der Waals surface area contributed by atoms with Crippen LogP contribution in [-0.4, -0.2) is 39.1 Å². The number of benzene rings is 2. The number of aromatic hydroxyl groups is 4. The van der Waals surface area contributed by atoms with Crippen LogP contribution in [0.2, 0.25) is 0 Å². The maximum atomic E-state index is 12.7. The van der Waals surface area contributed by atoms with Crippen molar-refractivity contribution >= 4 is 11.6 Å². The molecule has 7 heteroatoms. The molecule has 3 rings (SSSR count). The van der Waals surface area contributed by atoms with Gasteiger partial charge in [-0.25, -0.2) is 0 Å². The van der Waals surface area contributed by atoms with Crippen LogP contribution >= 0.6 is 0 Å². The standard InChI is InChI=1S/C16H12O7/c1-5-3-6-10(16(23-2)11(5)18)14(21)9-7(12(6)19)4-8(17)13(20)15(9)22/h3-4,17-18,20,22H,1-2H3. The van der Waals surface area contributed by atoms with Gasteiger partial charge in [0.15, 0.2) is 28.8 Å². The van der Waals surface area contributed by atoms with Crippen molar-refractivity contribution < 1.29 is 34.8 Å². The van der Waals surface area contributed by atoms with E-state index >= 15 is 0 Å². The number of phenolic OH excluding ortho intramolecular Hbond substituents is 4. The summed E-state index contributed by atoms with van der Waals surface area (Å²) in [5, 5.41) is 39.1. The highest BCUT2D eigenvalue weighted by Gasteiger charge is 2.38. The Balaban J connectivity index is 2.43. The molecule has 7 nitrogen and oxygen atoms in total. The van der Waals surface area contributed by atoms with Crippen LogP contribution in [-0.2, 0) is 0 Å². The molecule has 0 saturated carbocycles. The predicted molar refractivity (Wildman–Crippen MR) is 77.7 cm³/mol. The first-order valence-electron chi connectivity index (χ1n) is 6.57. The zero-order chi connectivity index (χ0) is 17.0. The van der Waals surface area contributed by atoms with Crippen molar-refractivity contribution in [2.45, 2.75) is 6.92 Å². The second kappa shape index (κ2) is 4.64. The van der Waals surface area contributed by atoms with Gasteiger partial charge in [-0.05, 0) is 24.6 Å². The molecule has 0 saturated heterocycles. The predicted octanol–water partition coefficient (Wildman–Crippen LogP) is 1.60. The fraction of sp³-hybridized carbons (Fsp3) is 0.125. The number of hydrogen-bond donors (Lipinski definition) is 4. The van der Waals surface area contributed by atoms with Crippen LogP contribution in [0, 0.1) is 6.92 Å². The van der Waals surface area contributed by atoms with E-state index in [0.29, 0.717) is 5.56 Å². The molecule has 1 aliphatic carbocycles. The summed E-state index contributed by atoms with van der Waals surface area (Å²) in [5.41, 5.74) is -0.563. The molecular formula is C16H12O7. The van der Waals surface area contributed by atoms with Crippen molar-refractivity contribution in [3.8, 4) is 28.7 Å². The minimum absolute atomic E-state index is 0.0147. The van der Waals surface area contributed by atoms with Gasteiger partial charge in [0.05, 0.1) is 18.2 Å². The van der Waals surface area contributed by atoms with Gasteiger partial charge in [-0.3, -0.25) is 9.59 Å². The number of carbonyl (C=O) groups excluding carboxylic acids is 2. The number of hydrogen-bond acceptors (Lipinski definition) is 7. The summed E-state index contributed by atoms with van der Waals surface area (Å²) < 4.78 is 5.04. The van der Waals surface area contributed by atoms with Crippen LogP contribution in [0.15, 0.2) is 12.1 Å². The highest BCUT2D eigenvalue weighted by Crippen LogP contribution is 2.47. The summed E-state index contributed by atoms with van der Waals surface area (Å²) in [6.45, 7) is 1.54. The summed E-state index contributed by atoms with van der Waals surface area (Å²) in [7, 11) is 1.23. The lowest BCUT2D eigenvalue weighted by atomic mass is 9.81. The fourth-order valence-corrected chi connectivity index (χ4v) is 2.70. The lowest BCUT2D eigenvalue weighted by Crippen LogP contribution is -2.22. The van der Waals surface area contributed by atoms with E-state index in [4.69, 9.17) is 4.74 Å². The Bertz CT molecular complexity index is 896. The van der Waals surface area contributed by atoms with Gasteiger partial charge in [-0.2, -0.15) is 0 Å². The lowest BCUT2D eigenvalue weighted by molar-refractivity contribution is 0.0972. The summed E-state index contributed by atoms with van der Waals surface area (Å²) >= 11 is 0. The number of ketones is 2. The fourth-order valence-electron chi connectivity index (χ4n) is 2.70. The second-order valence-corrected chi connectivity index (χ2v) is 5.17. The average molecular weight is 316 g/mol. The van der Waals surface area contributed by atoms with Gasteiger partial charge in [0.1, 0.15) is 0 Å². The number of methoxy groups -OCH3 is 1. The molecule has 2 aromatic carbocycles. The normalized spacial score (nSPS) is 12.8. The summed E-state index contributed by atoms with van der Waals surface area (Å²) in [6, 6.07) is 2.25. The van der Waals surface area contributed by atoms with E-state index in [1.165, 1.54) is 20.1 Å². The lowest BCUT2D eigenvalue weighted by Gasteiger charge is -2.22. The third-order valence-corrected chi connectivity index (χ3v) is 3.85. The summed E-state index contributed by atoms with van der Waals surface area (Å²) in [6.07, 6.45) is 0. The Morgan fingerprint density at radius 3 is 2.04 bits per heavy atom. The third kappa shape index (κ3) is 1.76. The van der Waals surface area contributed by atoms with Crippen LogP contribution in [0.3, 0.4) is 0 Å². The number of ether oxygens (including phenoxy) is 1. The first kappa shape index (κ1) is 14.7. The summed E-state index contributed by atoms with van der Waals surface area (Å²) in [4.78, 5) is 25.3. The molecule has 2 aromatic rings. The van der Waals surface area contributed by atoms with Gasteiger partial charge in [-0.1, -0.05) is 0 Å². The van der Waals surface area contributed by atoms with Gasteiger partial charge in [0.2, 0.25) is 11.5 Å². The van der Waals surface area contributed by atoms with Crippen LogP contribution < -0.4 is 4.74 Å². The van der Waals surface area contributed by atoms with E-state index in [9.17, 15) is 30.0 Å². The van der Waals surface area contributed by atoms with Gasteiger partial charge in [0.25, 0.3) is 0 Å². The molecule has 0 unspecified atom stereocenters. The van der Waals surface area contributed by atoms with Crippen molar-refractivity contribution in [2.24, 2.45) is 0 Å². The molecule has 0 bridgehead atoms. The molecule has 0 radical (unpaired) electrons. The Labute approximate surface area is 130 Å². The topological polar surface area (TPSA) is 124 Å². The Morgan fingerprint density at radius 2 is 1.43 bits per heavy atom. The number of aryl methyl sites for hydroxylation is 1. The molecule has 0 atom stereocenters.